The number of benzene rings is 3. The molecule has 3 aromatic carbocycles. The summed E-state index contributed by atoms with van der Waals surface area (Å²) in [5.74, 6) is 0.397. The predicted molar refractivity (Wildman–Crippen MR) is 256 cm³/mol. The number of Topliss-reactive ketones (excluding diaryl/α,β-unsaturated/α-hetero) is 2. The fourth-order valence-corrected chi connectivity index (χ4v) is 10.8. The van der Waals surface area contributed by atoms with Crippen molar-refractivity contribution in [3.63, 3.8) is 0 Å². The first-order valence-electron chi connectivity index (χ1n) is 22.7. The van der Waals surface area contributed by atoms with Crippen molar-refractivity contribution < 1.29 is 38.5 Å². The Morgan fingerprint density at radius 2 is 1.65 bits per heavy atom. The summed E-state index contributed by atoms with van der Waals surface area (Å²) in [5.41, 5.74) is 4.64. The van der Waals surface area contributed by atoms with E-state index in [1.807, 2.05) is 57.5 Å². The van der Waals surface area contributed by atoms with Crippen LogP contribution in [-0.4, -0.2) is 89.0 Å². The van der Waals surface area contributed by atoms with E-state index in [0.717, 1.165) is 21.7 Å². The van der Waals surface area contributed by atoms with Crippen LogP contribution >= 0.6 is 22.9 Å². The maximum absolute atomic E-state index is 14.0. The van der Waals surface area contributed by atoms with Crippen LogP contribution in [0.1, 0.15) is 108 Å². The molecule has 14 heteroatoms. The number of hydrogen-bond acceptors (Lipinski definition) is 11. The molecule has 1 saturated carbocycles. The number of rotatable bonds is 20. The van der Waals surface area contributed by atoms with E-state index < -0.39 is 35.4 Å². The Morgan fingerprint density at radius 1 is 0.985 bits per heavy atom. The highest BCUT2D eigenvalue weighted by Crippen LogP contribution is 2.62. The number of β-amino-alcohol motifs (C(OH)–C–C–N with tert-alkyl or cyclic N) is 1. The van der Waals surface area contributed by atoms with Gasteiger partial charge in [-0.05, 0) is 85.0 Å². The van der Waals surface area contributed by atoms with Crippen LogP contribution in [0.4, 0.5) is 0 Å². The minimum atomic E-state index is -0.933. The fourth-order valence-electron chi connectivity index (χ4n) is 9.73. The first kappa shape index (κ1) is 50.3. The van der Waals surface area contributed by atoms with Gasteiger partial charge < -0.3 is 29.5 Å². The molecule has 1 aliphatic carbocycles. The molecule has 2 amide bonds. The number of unbranched alkanes of at least 4 members (excludes halogenated alkanes) is 1. The number of amides is 2. The predicted octanol–water partition coefficient (Wildman–Crippen LogP) is 9.22. The van der Waals surface area contributed by atoms with Gasteiger partial charge in [-0.25, -0.2) is 4.98 Å². The first-order chi connectivity index (χ1) is 31.2. The Morgan fingerprint density at radius 3 is 2.27 bits per heavy atom. The van der Waals surface area contributed by atoms with E-state index in [4.69, 9.17) is 25.8 Å². The van der Waals surface area contributed by atoms with Crippen molar-refractivity contribution in [3.8, 4) is 28.0 Å². The van der Waals surface area contributed by atoms with Crippen LogP contribution in [0.2, 0.25) is 5.02 Å². The van der Waals surface area contributed by atoms with Crippen molar-refractivity contribution in [1.29, 1.82) is 5.26 Å². The number of thiazole rings is 1. The largest absolute Gasteiger partial charge is 0.494 e. The molecular formula is C52H63ClN4O8S. The molecule has 66 heavy (non-hydrogen) atoms. The van der Waals surface area contributed by atoms with Gasteiger partial charge in [0.15, 0.2) is 11.6 Å². The summed E-state index contributed by atoms with van der Waals surface area (Å²) >= 11 is 7.83. The lowest BCUT2D eigenvalue weighted by Crippen LogP contribution is -2.66. The summed E-state index contributed by atoms with van der Waals surface area (Å²) in [6.07, 6.45) is 1.56. The normalized spacial score (nSPS) is 20.2. The topological polar surface area (TPSA) is 168 Å². The second-order valence-electron chi connectivity index (χ2n) is 19.9. The average molecular weight is 940 g/mol. The van der Waals surface area contributed by atoms with E-state index in [2.05, 4.69) is 44.1 Å². The molecule has 2 aliphatic rings. The number of nitrogens with one attached hydrogen (secondary N) is 1. The molecule has 1 aliphatic heterocycles. The molecule has 4 aromatic rings. The Labute approximate surface area is 398 Å². The lowest BCUT2D eigenvalue weighted by atomic mass is 9.44. The number of ether oxygens (including phenoxy) is 3. The van der Waals surface area contributed by atoms with E-state index in [1.54, 1.807) is 53.8 Å². The minimum absolute atomic E-state index is 0.0238. The molecule has 1 saturated heterocycles. The van der Waals surface area contributed by atoms with Gasteiger partial charge in [-0.1, -0.05) is 84.3 Å². The van der Waals surface area contributed by atoms with Gasteiger partial charge in [-0.3, -0.25) is 19.2 Å². The van der Waals surface area contributed by atoms with Crippen LogP contribution in [0.15, 0.2) is 72.2 Å². The van der Waals surface area contributed by atoms with Gasteiger partial charge in [0.05, 0.1) is 45.4 Å². The van der Waals surface area contributed by atoms with Crippen molar-refractivity contribution in [2.24, 2.45) is 22.2 Å². The molecule has 0 spiro atoms. The number of likely N-dealkylation sites (tertiary alicyclic amines) is 1. The van der Waals surface area contributed by atoms with Crippen LogP contribution in [0.5, 0.6) is 11.5 Å². The summed E-state index contributed by atoms with van der Waals surface area (Å²) in [4.78, 5) is 61.0. The summed E-state index contributed by atoms with van der Waals surface area (Å²) in [6, 6.07) is 20.7. The lowest BCUT2D eigenvalue weighted by molar-refractivity contribution is -0.196. The van der Waals surface area contributed by atoms with E-state index in [0.29, 0.717) is 66.5 Å². The van der Waals surface area contributed by atoms with Gasteiger partial charge in [-0.15, -0.1) is 11.3 Å². The molecule has 352 valence electrons. The summed E-state index contributed by atoms with van der Waals surface area (Å²) in [7, 11) is 0. The summed E-state index contributed by atoms with van der Waals surface area (Å²) in [5, 5.41) is 23.0. The van der Waals surface area contributed by atoms with Crippen molar-refractivity contribution in [1.82, 2.24) is 15.2 Å². The maximum atomic E-state index is 14.0. The highest BCUT2D eigenvalue weighted by Gasteiger charge is 2.63. The smallest absolute Gasteiger partial charge is 0.246 e. The van der Waals surface area contributed by atoms with Gasteiger partial charge in [0, 0.05) is 54.9 Å². The second kappa shape index (κ2) is 21.2. The van der Waals surface area contributed by atoms with Crippen molar-refractivity contribution >= 4 is 46.3 Å². The molecule has 2 fully saturated rings. The molecule has 6 rings (SSSR count). The molecule has 1 aromatic heterocycles. The molecule has 2 N–H and O–H groups in total. The maximum Gasteiger partial charge on any atom is 0.246 e. The van der Waals surface area contributed by atoms with E-state index in [-0.39, 0.29) is 60.4 Å². The van der Waals surface area contributed by atoms with Gasteiger partial charge in [0.2, 0.25) is 11.8 Å². The molecular weight excluding hydrogens is 876 g/mol. The Balaban J connectivity index is 0.896. The minimum Gasteiger partial charge on any atom is -0.494 e. The summed E-state index contributed by atoms with van der Waals surface area (Å²) in [6.45, 7) is 16.5. The van der Waals surface area contributed by atoms with Crippen molar-refractivity contribution in [2.75, 3.05) is 26.4 Å². The number of aliphatic hydroxyl groups is 1. The average Bonchev–Trinajstić information content (AvgIpc) is 3.89. The zero-order valence-electron chi connectivity index (χ0n) is 39.3. The van der Waals surface area contributed by atoms with Gasteiger partial charge >= 0.3 is 0 Å². The van der Waals surface area contributed by atoms with Gasteiger partial charge in [0.1, 0.15) is 36.3 Å². The SMILES string of the molecule is Cc1ncsc1-c1ccc(CCC(=O)[C@@H]2C[C@@H](O)CN2C(=O)[C@@H](NC(=O)COCCCCOc2ccc(C(=O)CC3C(C)(C)C(Oc4ccc(C#N)c(Cl)c4)C3(C)C)cc2)C(C)(C)C)cc1. The number of halogens is 1. The summed E-state index contributed by atoms with van der Waals surface area (Å²) < 4.78 is 18.0. The number of ketones is 2. The Hall–Kier alpha value is -5.13. The molecule has 0 bridgehead atoms. The zero-order valence-corrected chi connectivity index (χ0v) is 40.9. The van der Waals surface area contributed by atoms with Gasteiger partial charge in [0.25, 0.3) is 0 Å². The van der Waals surface area contributed by atoms with Crippen LogP contribution in [0.3, 0.4) is 0 Å². The Kier molecular flexibility index (Phi) is 16.2. The van der Waals surface area contributed by atoms with Crippen molar-refractivity contribution in [3.05, 3.63) is 99.6 Å². The number of aryl methyl sites for hydroxylation is 2. The van der Waals surface area contributed by atoms with E-state index >= 15 is 0 Å². The molecule has 3 atom stereocenters. The van der Waals surface area contributed by atoms with Crippen LogP contribution in [0, 0.1) is 40.4 Å². The zero-order chi connectivity index (χ0) is 48.0. The lowest BCUT2D eigenvalue weighted by Gasteiger charge is -2.63. The van der Waals surface area contributed by atoms with E-state index in [1.165, 1.54) is 4.90 Å². The number of aliphatic hydroxyl groups excluding tert-OH is 1. The van der Waals surface area contributed by atoms with Crippen LogP contribution in [-0.2, 0) is 25.5 Å². The van der Waals surface area contributed by atoms with Crippen LogP contribution in [0.25, 0.3) is 10.4 Å². The quantitative estimate of drug-likeness (QED) is 0.0644. The number of carbonyl (C=O) groups excluding carboxylic acids is 4. The molecule has 12 nitrogen and oxygen atoms in total. The van der Waals surface area contributed by atoms with Gasteiger partial charge in [-0.2, -0.15) is 5.26 Å². The number of hydrogen-bond donors (Lipinski definition) is 2. The van der Waals surface area contributed by atoms with Crippen LogP contribution < -0.4 is 14.8 Å². The third kappa shape index (κ3) is 11.9. The van der Waals surface area contributed by atoms with Crippen molar-refractivity contribution in [2.45, 2.75) is 118 Å². The monoisotopic (exact) mass is 938 g/mol. The second-order valence-corrected chi connectivity index (χ2v) is 21.2. The molecule has 0 radical (unpaired) electrons. The third-order valence-corrected chi connectivity index (χ3v) is 14.5. The Bertz CT molecular complexity index is 2390. The first-order valence-corrected chi connectivity index (χ1v) is 24.0. The number of aromatic nitrogens is 1. The molecule has 0 unspecified atom stereocenters. The standard InChI is InChI=1S/C52H63ClN4O8S/c1-32-46(66-31-55-32)35-14-11-33(12-15-35)13-22-42(59)41-25-37(58)29-57(41)48(62)47(50(2,3)4)56-45(61)30-63-23-9-10-24-64-38-19-16-34(17-20-38)43(60)27-44-51(5,6)49(52(44,7)8)65-39-21-18-36(28-54)40(53)26-39/h11-12,14-21,26,31,37,41,44,47,49,58H,9-10,13,22-25,27,29-30H2,1-8H3,(H,56,61)/t37-,41+,44?,47-,49?/m1/s1. The number of carbonyl (C=O) groups is 4. The highest BCUT2D eigenvalue weighted by molar-refractivity contribution is 7.13. The molecule has 2 heterocycles. The van der Waals surface area contributed by atoms with E-state index in [9.17, 15) is 29.5 Å². The fraction of sp³-hybridized carbons (Fsp3) is 0.500. The third-order valence-electron chi connectivity index (χ3n) is 13.2. The number of nitrogens with zero attached hydrogens (tertiary/aromatic N) is 3. The number of nitriles is 1. The highest BCUT2D eigenvalue weighted by atomic mass is 35.5.